The van der Waals surface area contributed by atoms with Crippen LogP contribution in [0.4, 0.5) is 5.13 Å². The first kappa shape index (κ1) is 20.5. The normalized spacial score (nSPS) is 10.7. The maximum Gasteiger partial charge on any atom is 0.264 e. The third-order valence-electron chi connectivity index (χ3n) is 3.64. The van der Waals surface area contributed by atoms with Crippen molar-refractivity contribution in [1.82, 2.24) is 4.98 Å². The number of hydrogen-bond acceptors (Lipinski definition) is 4. The highest BCUT2D eigenvalue weighted by atomic mass is 79.9. The number of aromatic nitrogens is 1. The first-order valence-corrected chi connectivity index (χ1v) is 11.3. The van der Waals surface area contributed by atoms with E-state index in [-0.39, 0.29) is 12.5 Å². The average Bonchev–Trinajstić information content (AvgIpc) is 3.04. The van der Waals surface area contributed by atoms with Gasteiger partial charge in [-0.25, -0.2) is 4.98 Å². The predicted octanol–water partition coefficient (Wildman–Crippen LogP) is 6.68. The number of anilines is 1. The molecule has 27 heavy (non-hydrogen) atoms. The van der Waals surface area contributed by atoms with Crippen molar-refractivity contribution in [2.75, 3.05) is 11.9 Å². The molecule has 0 fully saturated rings. The molecule has 0 aliphatic heterocycles. The minimum Gasteiger partial charge on any atom is -0.483 e. The molecule has 1 aromatic heterocycles. The third kappa shape index (κ3) is 5.40. The summed E-state index contributed by atoms with van der Waals surface area (Å²) >= 11 is 11.7. The van der Waals surface area contributed by atoms with Gasteiger partial charge in [-0.1, -0.05) is 50.9 Å². The summed E-state index contributed by atoms with van der Waals surface area (Å²) in [6.07, 6.45) is 0.848. The molecule has 1 N–H and O–H groups in total. The standard InChI is InChI=1S/C19H15Br3N2O2S/c1-2-16-18(11-3-5-12(20)6-4-11)24-19(27-16)23-17(25)10-26-15-8-7-13(21)9-14(15)22/h3-9H,2,10H2,1H3,(H,23,24,25). The zero-order valence-corrected chi connectivity index (χ0v) is 19.8. The van der Waals surface area contributed by atoms with Gasteiger partial charge >= 0.3 is 0 Å². The zero-order valence-electron chi connectivity index (χ0n) is 14.3. The van der Waals surface area contributed by atoms with Gasteiger partial charge in [0.05, 0.1) is 10.2 Å². The van der Waals surface area contributed by atoms with E-state index in [1.807, 2.05) is 36.4 Å². The minimum absolute atomic E-state index is 0.0884. The monoisotopic (exact) mass is 572 g/mol. The van der Waals surface area contributed by atoms with Crippen LogP contribution in [0.3, 0.4) is 0 Å². The Morgan fingerprint density at radius 3 is 2.48 bits per heavy atom. The number of rotatable bonds is 6. The van der Waals surface area contributed by atoms with Crippen LogP contribution in [0.2, 0.25) is 0 Å². The van der Waals surface area contributed by atoms with E-state index in [9.17, 15) is 4.79 Å². The van der Waals surface area contributed by atoms with E-state index in [1.165, 1.54) is 11.3 Å². The summed E-state index contributed by atoms with van der Waals surface area (Å²) in [4.78, 5) is 18.0. The Bertz CT molecular complexity index is 958. The van der Waals surface area contributed by atoms with Crippen LogP contribution in [0.25, 0.3) is 11.3 Å². The van der Waals surface area contributed by atoms with E-state index in [2.05, 4.69) is 65.0 Å². The van der Waals surface area contributed by atoms with Gasteiger partial charge in [0.25, 0.3) is 5.91 Å². The van der Waals surface area contributed by atoms with Crippen LogP contribution in [0.5, 0.6) is 5.75 Å². The van der Waals surface area contributed by atoms with Crippen LogP contribution >= 0.6 is 59.1 Å². The van der Waals surface area contributed by atoms with Crippen LogP contribution in [0.15, 0.2) is 55.9 Å². The van der Waals surface area contributed by atoms with Crippen molar-refractivity contribution < 1.29 is 9.53 Å². The van der Waals surface area contributed by atoms with Gasteiger partial charge in [0.1, 0.15) is 5.75 Å². The summed E-state index contributed by atoms with van der Waals surface area (Å²) in [6, 6.07) is 13.5. The molecule has 1 heterocycles. The maximum atomic E-state index is 12.3. The van der Waals surface area contributed by atoms with Crippen molar-refractivity contribution in [2.24, 2.45) is 0 Å². The van der Waals surface area contributed by atoms with E-state index >= 15 is 0 Å². The topological polar surface area (TPSA) is 51.2 Å². The van der Waals surface area contributed by atoms with E-state index in [1.54, 1.807) is 6.07 Å². The van der Waals surface area contributed by atoms with Gasteiger partial charge in [0.15, 0.2) is 11.7 Å². The lowest BCUT2D eigenvalue weighted by atomic mass is 10.1. The fourth-order valence-electron chi connectivity index (χ4n) is 2.37. The molecule has 4 nitrogen and oxygen atoms in total. The summed E-state index contributed by atoms with van der Waals surface area (Å²) in [7, 11) is 0. The van der Waals surface area contributed by atoms with E-state index in [0.717, 1.165) is 36.0 Å². The highest BCUT2D eigenvalue weighted by molar-refractivity contribution is 9.11. The lowest BCUT2D eigenvalue weighted by molar-refractivity contribution is -0.118. The molecule has 3 rings (SSSR count). The summed E-state index contributed by atoms with van der Waals surface area (Å²) in [5.74, 6) is 0.362. The van der Waals surface area contributed by atoms with Gasteiger partial charge in [-0.15, -0.1) is 11.3 Å². The molecule has 1 amide bonds. The molecule has 0 aliphatic rings. The molecule has 0 unspecified atom stereocenters. The third-order valence-corrected chi connectivity index (χ3v) is 6.39. The number of hydrogen-bond donors (Lipinski definition) is 1. The van der Waals surface area contributed by atoms with Crippen molar-refractivity contribution >= 4 is 70.2 Å². The Morgan fingerprint density at radius 2 is 1.81 bits per heavy atom. The Morgan fingerprint density at radius 1 is 1.11 bits per heavy atom. The van der Waals surface area contributed by atoms with Crippen molar-refractivity contribution in [3.63, 3.8) is 0 Å². The summed E-state index contributed by atoms with van der Waals surface area (Å²) in [5.41, 5.74) is 1.93. The Kier molecular flexibility index (Phi) is 7.08. The lowest BCUT2D eigenvalue weighted by Crippen LogP contribution is -2.20. The maximum absolute atomic E-state index is 12.3. The fraction of sp³-hybridized carbons (Fsp3) is 0.158. The second kappa shape index (κ2) is 9.32. The number of halogens is 3. The molecule has 2 aromatic carbocycles. The molecule has 140 valence electrons. The van der Waals surface area contributed by atoms with E-state index < -0.39 is 0 Å². The predicted molar refractivity (Wildman–Crippen MR) is 121 cm³/mol. The largest absolute Gasteiger partial charge is 0.483 e. The average molecular weight is 575 g/mol. The second-order valence-electron chi connectivity index (χ2n) is 5.56. The van der Waals surface area contributed by atoms with Crippen LogP contribution in [-0.2, 0) is 11.2 Å². The SMILES string of the molecule is CCc1sc(NC(=O)COc2ccc(Br)cc2Br)nc1-c1ccc(Br)cc1. The smallest absolute Gasteiger partial charge is 0.264 e. The molecule has 0 saturated heterocycles. The molecule has 8 heteroatoms. The van der Waals surface area contributed by atoms with Crippen LogP contribution in [-0.4, -0.2) is 17.5 Å². The summed E-state index contributed by atoms with van der Waals surface area (Å²) in [6.45, 7) is 1.99. The molecular formula is C19H15Br3N2O2S. The molecule has 0 spiro atoms. The van der Waals surface area contributed by atoms with E-state index in [4.69, 9.17) is 4.74 Å². The number of ether oxygens (including phenoxy) is 1. The molecule has 0 bridgehead atoms. The van der Waals surface area contributed by atoms with Gasteiger partial charge in [0, 0.05) is 19.4 Å². The van der Waals surface area contributed by atoms with Crippen molar-refractivity contribution in [1.29, 1.82) is 0 Å². The molecule has 0 saturated carbocycles. The van der Waals surface area contributed by atoms with Gasteiger partial charge in [-0.05, 0) is 52.7 Å². The number of thiazole rings is 1. The molecule has 0 atom stereocenters. The quantitative estimate of drug-likeness (QED) is 0.357. The molecule has 0 aliphatic carbocycles. The van der Waals surface area contributed by atoms with Crippen molar-refractivity contribution in [3.8, 4) is 17.0 Å². The summed E-state index contributed by atoms with van der Waals surface area (Å²) < 4.78 is 8.31. The van der Waals surface area contributed by atoms with Crippen molar-refractivity contribution in [2.45, 2.75) is 13.3 Å². The number of nitrogens with one attached hydrogen (secondary N) is 1. The number of aryl methyl sites for hydroxylation is 1. The van der Waals surface area contributed by atoms with Crippen LogP contribution < -0.4 is 10.1 Å². The van der Waals surface area contributed by atoms with Crippen molar-refractivity contribution in [3.05, 3.63) is 60.8 Å². The highest BCUT2D eigenvalue weighted by Crippen LogP contribution is 2.32. The Balaban J connectivity index is 1.68. The lowest BCUT2D eigenvalue weighted by Gasteiger charge is -2.08. The number of benzene rings is 2. The minimum atomic E-state index is -0.247. The number of carbonyl (C=O) groups is 1. The Labute approximate surface area is 186 Å². The first-order valence-electron chi connectivity index (χ1n) is 8.09. The van der Waals surface area contributed by atoms with Gasteiger partial charge < -0.3 is 4.74 Å². The first-order chi connectivity index (χ1) is 13.0. The van der Waals surface area contributed by atoms with Gasteiger partial charge in [-0.2, -0.15) is 0 Å². The second-order valence-corrected chi connectivity index (χ2v) is 9.33. The van der Waals surface area contributed by atoms with Crippen LogP contribution in [0, 0.1) is 0 Å². The number of amides is 1. The van der Waals surface area contributed by atoms with Crippen LogP contribution in [0.1, 0.15) is 11.8 Å². The van der Waals surface area contributed by atoms with Gasteiger partial charge in [-0.3, -0.25) is 10.1 Å². The molecular weight excluding hydrogens is 560 g/mol. The highest BCUT2D eigenvalue weighted by Gasteiger charge is 2.14. The fourth-order valence-corrected chi connectivity index (χ4v) is 4.73. The van der Waals surface area contributed by atoms with Gasteiger partial charge in [0.2, 0.25) is 0 Å². The number of nitrogens with zero attached hydrogens (tertiary/aromatic N) is 1. The Hall–Kier alpha value is -1.22. The summed E-state index contributed by atoms with van der Waals surface area (Å²) in [5, 5.41) is 3.41. The number of carbonyl (C=O) groups excluding carboxylic acids is 1. The zero-order chi connectivity index (χ0) is 19.4. The molecule has 3 aromatic rings. The molecule has 0 radical (unpaired) electrons. The van der Waals surface area contributed by atoms with E-state index in [0.29, 0.717) is 10.9 Å².